The zero-order chi connectivity index (χ0) is 13.0. The minimum Gasteiger partial charge on any atom is -0.469 e. The Morgan fingerprint density at radius 1 is 1.44 bits per heavy atom. The predicted octanol–water partition coefficient (Wildman–Crippen LogP) is 1.86. The third-order valence-corrected chi connectivity index (χ3v) is 3.44. The standard InChI is InChI=1S/C14H18FNO2/c1-18-14(17)12-7-9-16(10-12)8-6-11-2-4-13(15)5-3-11/h2-5,12H,6-10H2,1H3. The average Bonchev–Trinajstić information content (AvgIpc) is 2.86. The van der Waals surface area contributed by atoms with Crippen LogP contribution in [-0.4, -0.2) is 37.6 Å². The van der Waals surface area contributed by atoms with Crippen LogP contribution in [0.2, 0.25) is 0 Å². The quantitative estimate of drug-likeness (QED) is 0.765. The number of methoxy groups -OCH3 is 1. The molecule has 3 nitrogen and oxygen atoms in total. The fourth-order valence-corrected chi connectivity index (χ4v) is 2.33. The number of ether oxygens (including phenoxy) is 1. The summed E-state index contributed by atoms with van der Waals surface area (Å²) in [6.45, 7) is 2.61. The Balaban J connectivity index is 1.78. The number of benzene rings is 1. The van der Waals surface area contributed by atoms with E-state index in [4.69, 9.17) is 4.74 Å². The Labute approximate surface area is 107 Å². The van der Waals surface area contributed by atoms with E-state index in [0.717, 1.165) is 38.0 Å². The molecule has 0 radical (unpaired) electrons. The predicted molar refractivity (Wildman–Crippen MR) is 66.7 cm³/mol. The molecule has 0 aliphatic carbocycles. The molecule has 2 rings (SSSR count). The lowest BCUT2D eigenvalue weighted by atomic mass is 10.1. The second kappa shape index (κ2) is 5.96. The maximum Gasteiger partial charge on any atom is 0.310 e. The summed E-state index contributed by atoms with van der Waals surface area (Å²) in [6, 6.07) is 6.58. The molecular formula is C14H18FNO2. The van der Waals surface area contributed by atoms with Gasteiger partial charge in [-0.15, -0.1) is 0 Å². The summed E-state index contributed by atoms with van der Waals surface area (Å²) in [5, 5.41) is 0. The van der Waals surface area contributed by atoms with Crippen LogP contribution in [0.15, 0.2) is 24.3 Å². The Morgan fingerprint density at radius 2 is 2.17 bits per heavy atom. The van der Waals surface area contributed by atoms with Crippen LogP contribution in [0, 0.1) is 11.7 Å². The molecule has 0 saturated carbocycles. The summed E-state index contributed by atoms with van der Waals surface area (Å²) >= 11 is 0. The van der Waals surface area contributed by atoms with Crippen molar-refractivity contribution in [3.63, 3.8) is 0 Å². The summed E-state index contributed by atoms with van der Waals surface area (Å²) in [6.07, 6.45) is 1.75. The second-order valence-corrected chi connectivity index (χ2v) is 4.69. The van der Waals surface area contributed by atoms with Crippen molar-refractivity contribution in [2.45, 2.75) is 12.8 Å². The van der Waals surface area contributed by atoms with Crippen LogP contribution in [0.1, 0.15) is 12.0 Å². The molecule has 0 N–H and O–H groups in total. The number of hydrogen-bond acceptors (Lipinski definition) is 3. The molecule has 1 aromatic rings. The van der Waals surface area contributed by atoms with Crippen molar-refractivity contribution in [1.29, 1.82) is 0 Å². The molecule has 1 aliphatic heterocycles. The molecule has 1 saturated heterocycles. The largest absolute Gasteiger partial charge is 0.469 e. The molecule has 1 aromatic carbocycles. The van der Waals surface area contributed by atoms with Crippen LogP contribution in [0.25, 0.3) is 0 Å². The minimum absolute atomic E-state index is 0.0169. The van der Waals surface area contributed by atoms with Crippen LogP contribution < -0.4 is 0 Å². The van der Waals surface area contributed by atoms with Crippen molar-refractivity contribution in [1.82, 2.24) is 4.90 Å². The lowest BCUT2D eigenvalue weighted by Gasteiger charge is -2.15. The van der Waals surface area contributed by atoms with Crippen molar-refractivity contribution >= 4 is 5.97 Å². The lowest BCUT2D eigenvalue weighted by Crippen LogP contribution is -2.25. The van der Waals surface area contributed by atoms with Crippen molar-refractivity contribution < 1.29 is 13.9 Å². The summed E-state index contributed by atoms with van der Waals surface area (Å²) in [4.78, 5) is 13.6. The summed E-state index contributed by atoms with van der Waals surface area (Å²) in [5.74, 6) is -0.298. The first-order valence-corrected chi connectivity index (χ1v) is 6.23. The topological polar surface area (TPSA) is 29.5 Å². The van der Waals surface area contributed by atoms with E-state index < -0.39 is 0 Å². The number of rotatable bonds is 4. The lowest BCUT2D eigenvalue weighted by molar-refractivity contribution is -0.144. The summed E-state index contributed by atoms with van der Waals surface area (Å²) < 4.78 is 17.5. The normalized spacial score (nSPS) is 20.0. The van der Waals surface area contributed by atoms with Gasteiger partial charge in [-0.3, -0.25) is 4.79 Å². The third-order valence-electron chi connectivity index (χ3n) is 3.44. The highest BCUT2D eigenvalue weighted by atomic mass is 19.1. The molecular weight excluding hydrogens is 233 g/mol. The highest BCUT2D eigenvalue weighted by Crippen LogP contribution is 2.17. The van der Waals surface area contributed by atoms with Gasteiger partial charge in [0.25, 0.3) is 0 Å². The molecule has 0 bridgehead atoms. The van der Waals surface area contributed by atoms with Crippen molar-refractivity contribution in [3.8, 4) is 0 Å². The van der Waals surface area contributed by atoms with Gasteiger partial charge < -0.3 is 9.64 Å². The van der Waals surface area contributed by atoms with E-state index >= 15 is 0 Å². The number of hydrogen-bond donors (Lipinski definition) is 0. The van der Waals surface area contributed by atoms with Gasteiger partial charge >= 0.3 is 5.97 Å². The zero-order valence-corrected chi connectivity index (χ0v) is 10.6. The highest BCUT2D eigenvalue weighted by Gasteiger charge is 2.28. The fraction of sp³-hybridized carbons (Fsp3) is 0.500. The smallest absolute Gasteiger partial charge is 0.310 e. The molecule has 1 atom stereocenters. The molecule has 0 aromatic heterocycles. The van der Waals surface area contributed by atoms with Crippen LogP contribution in [0.4, 0.5) is 4.39 Å². The molecule has 18 heavy (non-hydrogen) atoms. The van der Waals surface area contributed by atoms with Crippen molar-refractivity contribution in [2.24, 2.45) is 5.92 Å². The van der Waals surface area contributed by atoms with Gasteiger partial charge in [-0.2, -0.15) is 0 Å². The summed E-state index contributed by atoms with van der Waals surface area (Å²) in [7, 11) is 1.43. The first kappa shape index (κ1) is 13.0. The molecule has 1 heterocycles. The molecule has 1 unspecified atom stereocenters. The maximum absolute atomic E-state index is 12.7. The van der Waals surface area contributed by atoms with Gasteiger partial charge in [0.15, 0.2) is 0 Å². The number of esters is 1. The fourth-order valence-electron chi connectivity index (χ4n) is 2.33. The second-order valence-electron chi connectivity index (χ2n) is 4.69. The highest BCUT2D eigenvalue weighted by molar-refractivity contribution is 5.72. The van der Waals surface area contributed by atoms with E-state index in [2.05, 4.69) is 4.90 Å². The van der Waals surface area contributed by atoms with Gasteiger partial charge in [-0.25, -0.2) is 4.39 Å². The SMILES string of the molecule is COC(=O)C1CCN(CCc2ccc(F)cc2)C1. The zero-order valence-electron chi connectivity index (χ0n) is 10.6. The maximum atomic E-state index is 12.7. The Bertz CT molecular complexity index is 405. The number of nitrogens with zero attached hydrogens (tertiary/aromatic N) is 1. The Hall–Kier alpha value is -1.42. The van der Waals surface area contributed by atoms with Crippen LogP contribution >= 0.6 is 0 Å². The molecule has 98 valence electrons. The van der Waals surface area contributed by atoms with Crippen molar-refractivity contribution in [2.75, 3.05) is 26.7 Å². The minimum atomic E-state index is -0.203. The molecule has 0 amide bonds. The average molecular weight is 251 g/mol. The Kier molecular flexibility index (Phi) is 4.31. The van der Waals surface area contributed by atoms with E-state index in [-0.39, 0.29) is 17.7 Å². The van der Waals surface area contributed by atoms with E-state index in [1.165, 1.54) is 19.2 Å². The third kappa shape index (κ3) is 3.29. The van der Waals surface area contributed by atoms with E-state index in [9.17, 15) is 9.18 Å². The number of carbonyl (C=O) groups is 1. The van der Waals surface area contributed by atoms with Crippen LogP contribution in [0.3, 0.4) is 0 Å². The van der Waals surface area contributed by atoms with Gasteiger partial charge in [0, 0.05) is 13.1 Å². The van der Waals surface area contributed by atoms with E-state index in [0.29, 0.717) is 0 Å². The van der Waals surface area contributed by atoms with Gasteiger partial charge in [-0.05, 0) is 37.1 Å². The van der Waals surface area contributed by atoms with Gasteiger partial charge in [0.05, 0.1) is 13.0 Å². The van der Waals surface area contributed by atoms with E-state index in [1.807, 2.05) is 12.1 Å². The van der Waals surface area contributed by atoms with E-state index in [1.54, 1.807) is 0 Å². The van der Waals surface area contributed by atoms with Gasteiger partial charge in [-0.1, -0.05) is 12.1 Å². The number of carbonyl (C=O) groups excluding carboxylic acids is 1. The van der Waals surface area contributed by atoms with Gasteiger partial charge in [0.1, 0.15) is 5.82 Å². The van der Waals surface area contributed by atoms with Crippen LogP contribution in [0.5, 0.6) is 0 Å². The molecule has 4 heteroatoms. The Morgan fingerprint density at radius 3 is 2.83 bits per heavy atom. The number of halogens is 1. The molecule has 1 aliphatic rings. The van der Waals surface area contributed by atoms with Gasteiger partial charge in [0.2, 0.25) is 0 Å². The first-order chi connectivity index (χ1) is 8.69. The number of likely N-dealkylation sites (tertiary alicyclic amines) is 1. The summed E-state index contributed by atoms with van der Waals surface area (Å²) in [5.41, 5.74) is 1.12. The molecule has 1 fully saturated rings. The first-order valence-electron chi connectivity index (χ1n) is 6.23. The van der Waals surface area contributed by atoms with Crippen molar-refractivity contribution in [3.05, 3.63) is 35.6 Å². The molecule has 0 spiro atoms. The van der Waals surface area contributed by atoms with Crippen LogP contribution in [-0.2, 0) is 16.0 Å². The monoisotopic (exact) mass is 251 g/mol.